The van der Waals surface area contributed by atoms with Crippen molar-refractivity contribution in [3.63, 3.8) is 0 Å². The van der Waals surface area contributed by atoms with Crippen LogP contribution in [-0.2, 0) is 0 Å². The molecule has 14 aromatic rings. The molecule has 0 radical (unpaired) electrons. The van der Waals surface area contributed by atoms with E-state index in [2.05, 4.69) is 19.9 Å². The van der Waals surface area contributed by atoms with Crippen molar-refractivity contribution in [2.24, 2.45) is 0 Å². The van der Waals surface area contributed by atoms with Crippen molar-refractivity contribution in [1.29, 1.82) is 0 Å². The summed E-state index contributed by atoms with van der Waals surface area (Å²) in [5, 5.41) is 12.0. The van der Waals surface area contributed by atoms with Crippen LogP contribution < -0.4 is 24.7 Å². The molecule has 0 aliphatic carbocycles. The van der Waals surface area contributed by atoms with Crippen molar-refractivity contribution in [2.45, 2.75) is 0 Å². The van der Waals surface area contributed by atoms with Crippen LogP contribution in [0.3, 0.4) is 0 Å². The third-order valence-corrected chi connectivity index (χ3v) is 15.8. The van der Waals surface area contributed by atoms with Crippen LogP contribution in [-0.4, -0.2) is 85.8 Å². The first-order valence-corrected chi connectivity index (χ1v) is 32.0. The Hall–Kier alpha value is -11.6. The number of anilines is 1. The summed E-state index contributed by atoms with van der Waals surface area (Å²) in [6.07, 6.45) is 0.805. The number of nitro groups is 1. The molecule has 502 valence electrons. The molecule has 0 atom stereocenters. The number of hydrogen-bond acceptors (Lipinski definition) is 14. The van der Waals surface area contributed by atoms with Gasteiger partial charge in [0.2, 0.25) is 0 Å². The fourth-order valence-electron chi connectivity index (χ4n) is 9.59. The van der Waals surface area contributed by atoms with Crippen LogP contribution in [0.2, 0.25) is 20.1 Å². The van der Waals surface area contributed by atoms with Gasteiger partial charge in [-0.15, -0.1) is 0 Å². The molecule has 0 aliphatic heterocycles. The van der Waals surface area contributed by atoms with Crippen molar-refractivity contribution >= 4 is 126 Å². The van der Waals surface area contributed by atoms with Crippen molar-refractivity contribution in [1.82, 2.24) is 29.1 Å². The van der Waals surface area contributed by atoms with Crippen LogP contribution in [0.1, 0.15) is 41.4 Å². The number of nitro benzene ring substituents is 1. The van der Waals surface area contributed by atoms with Gasteiger partial charge in [-0.25, -0.2) is 15.0 Å². The number of aromatic nitrogens is 6. The zero-order valence-corrected chi connectivity index (χ0v) is 57.4. The second kappa shape index (κ2) is 35.0. The molecule has 0 saturated heterocycles. The molecule has 0 amide bonds. The van der Waals surface area contributed by atoms with Gasteiger partial charge >= 0.3 is 0 Å². The van der Waals surface area contributed by atoms with E-state index < -0.39 is 10.2 Å². The lowest BCUT2D eigenvalue weighted by Crippen LogP contribution is -2.13. The summed E-state index contributed by atoms with van der Waals surface area (Å²) in [4.78, 5) is 73.8. The van der Waals surface area contributed by atoms with Gasteiger partial charge in [0.1, 0.15) is 52.4 Å². The number of methoxy groups -OCH3 is 4. The normalized spacial score (nSPS) is 10.3. The minimum Gasteiger partial charge on any atom is -0.497 e. The summed E-state index contributed by atoms with van der Waals surface area (Å²) in [5.74, 6) is 4.76. The van der Waals surface area contributed by atoms with Crippen LogP contribution in [0.4, 0.5) is 11.4 Å². The number of halogens is 5. The van der Waals surface area contributed by atoms with Crippen LogP contribution in [0.5, 0.6) is 23.0 Å². The Balaban J connectivity index is 0.000000147. The van der Waals surface area contributed by atoms with Crippen LogP contribution >= 0.6 is 58.0 Å². The first-order valence-electron chi connectivity index (χ1n) is 30.1. The standard InChI is InChI=1S/2C21H15ClN2O2.C14H11ClN2O.C8H8O2.C7H5ClO.C6H5ClN2O2/c1-26-17-10-7-14(8-11-17)20-23-18-13-16(22)9-12-19(18)24(20)21(25)15-5-3-2-4-6-15;1-26-17-10-7-14(8-11-17)20-23-18-12-9-16(22)13-19(18)24(20)21(25)15-5-3-2-4-6-15;1-18-11-5-2-9(3-6-11)14-16-12-7-4-10(15)8-13(12)17-14;1-10-8-4-2-7(6-9)3-5-8;8-7(9)6-4-2-1-3-5-6;7-4-1-2-5(8)6(3-4)9(10)11/h2*2-13H,1H3;2-8H,1H3,(H,16,17);2-6H,1H3;1-5H;1-3H,8H2. The second-order valence-corrected chi connectivity index (χ2v) is 23.2. The number of nitrogens with two attached hydrogens (primary N) is 1. The maximum absolute atomic E-state index is 13.2. The van der Waals surface area contributed by atoms with Crippen LogP contribution in [0.15, 0.2) is 261 Å². The molecule has 18 nitrogen and oxygen atoms in total. The van der Waals surface area contributed by atoms with E-state index in [0.717, 1.165) is 62.8 Å². The molecule has 0 fully saturated rings. The number of nitrogens with one attached hydrogen (secondary N) is 1. The van der Waals surface area contributed by atoms with E-state index >= 15 is 0 Å². The number of aldehydes is 1. The lowest BCUT2D eigenvalue weighted by atomic mass is 10.1. The number of nitrogen functional groups attached to an aromatic ring is 1. The molecular weight excluding hydrogens is 1370 g/mol. The zero-order valence-electron chi connectivity index (χ0n) is 53.6. The summed E-state index contributed by atoms with van der Waals surface area (Å²) in [5.41, 5.74) is 14.9. The predicted octanol–water partition coefficient (Wildman–Crippen LogP) is 19.4. The molecular formula is C77H59Cl5N8O10. The molecule has 23 heteroatoms. The molecule has 14 rings (SSSR count). The molecule has 0 unspecified atom stereocenters. The van der Waals surface area contributed by atoms with E-state index in [1.54, 1.807) is 135 Å². The van der Waals surface area contributed by atoms with Gasteiger partial charge in [0, 0.05) is 65.1 Å². The number of aromatic amines is 1. The van der Waals surface area contributed by atoms with Gasteiger partial charge in [-0.1, -0.05) is 113 Å². The Morgan fingerprint density at radius 3 is 1.30 bits per heavy atom. The van der Waals surface area contributed by atoms with Crippen LogP contribution in [0, 0.1) is 10.1 Å². The monoisotopic (exact) mass is 1430 g/mol. The molecule has 3 heterocycles. The zero-order chi connectivity index (χ0) is 71.2. The van der Waals surface area contributed by atoms with Gasteiger partial charge in [0.25, 0.3) is 22.7 Å². The Bertz CT molecular complexity index is 5080. The molecule has 3 N–H and O–H groups in total. The third kappa shape index (κ3) is 18.9. The number of ether oxygens (including phenoxy) is 4. The number of carbonyl (C=O) groups excluding carboxylic acids is 4. The molecule has 0 saturated carbocycles. The fraction of sp³-hybridized carbons (Fsp3) is 0.0519. The van der Waals surface area contributed by atoms with Gasteiger partial charge in [0.05, 0.1) is 66.5 Å². The average molecular weight is 1430 g/mol. The van der Waals surface area contributed by atoms with E-state index in [9.17, 15) is 29.3 Å². The highest BCUT2D eigenvalue weighted by Gasteiger charge is 2.22. The number of fused-ring (bicyclic) bond motifs is 3. The number of H-pyrrole nitrogens is 1. The minimum absolute atomic E-state index is 0.124. The molecule has 11 aromatic carbocycles. The topological polar surface area (TPSA) is 239 Å². The smallest absolute Gasteiger partial charge is 0.293 e. The predicted molar refractivity (Wildman–Crippen MR) is 396 cm³/mol. The highest BCUT2D eigenvalue weighted by molar-refractivity contribution is 6.67. The molecule has 3 aromatic heterocycles. The van der Waals surface area contributed by atoms with Crippen molar-refractivity contribution in [3.05, 3.63) is 313 Å². The number of benzene rings is 11. The van der Waals surface area contributed by atoms with E-state index in [1.807, 2.05) is 146 Å². The van der Waals surface area contributed by atoms with Gasteiger partial charge < -0.3 is 29.7 Å². The lowest BCUT2D eigenvalue weighted by molar-refractivity contribution is -0.383. The molecule has 0 aliphatic rings. The summed E-state index contributed by atoms with van der Waals surface area (Å²) in [6, 6.07) is 77.1. The largest absolute Gasteiger partial charge is 0.497 e. The van der Waals surface area contributed by atoms with Gasteiger partial charge in [0.15, 0.2) is 0 Å². The highest BCUT2D eigenvalue weighted by Crippen LogP contribution is 2.32. The highest BCUT2D eigenvalue weighted by atomic mass is 35.5. The summed E-state index contributed by atoms with van der Waals surface area (Å²) in [7, 11) is 6.48. The SMILES string of the molecule is COc1ccc(-c2nc3cc(Cl)ccc3n2C(=O)c2ccccc2)cc1.COc1ccc(-c2nc3ccc(Cl)cc3[nH]2)cc1.COc1ccc(-c2nc3ccc(Cl)cc3n2C(=O)c2ccccc2)cc1.COc1ccc(C=O)cc1.Nc1ccc(Cl)cc1[N+](=O)[O-].O=C(Cl)c1ccccc1. The van der Waals surface area contributed by atoms with E-state index in [1.165, 1.54) is 18.2 Å². The van der Waals surface area contributed by atoms with Crippen LogP contribution in [0.25, 0.3) is 67.3 Å². The minimum atomic E-state index is -0.568. The van der Waals surface area contributed by atoms with Gasteiger partial charge in [-0.3, -0.25) is 38.4 Å². The molecule has 0 bridgehead atoms. The number of carbonyl (C=O) groups is 4. The fourth-order valence-corrected chi connectivity index (χ4v) is 10.4. The Morgan fingerprint density at radius 1 is 0.450 bits per heavy atom. The average Bonchev–Trinajstić information content (AvgIpc) is 1.62. The maximum Gasteiger partial charge on any atom is 0.293 e. The third-order valence-electron chi connectivity index (χ3n) is 14.6. The van der Waals surface area contributed by atoms with E-state index in [0.29, 0.717) is 76.1 Å². The Morgan fingerprint density at radius 2 is 0.850 bits per heavy atom. The van der Waals surface area contributed by atoms with E-state index in [-0.39, 0.29) is 23.2 Å². The summed E-state index contributed by atoms with van der Waals surface area (Å²) >= 11 is 28.9. The molecule has 0 spiro atoms. The van der Waals surface area contributed by atoms with Gasteiger partial charge in [-0.2, -0.15) is 0 Å². The quantitative estimate of drug-likeness (QED) is 0.0380. The number of rotatable bonds is 12. The maximum atomic E-state index is 13.2. The van der Waals surface area contributed by atoms with Gasteiger partial charge in [-0.05, 0) is 200 Å². The number of imidazole rings is 3. The van der Waals surface area contributed by atoms with Crippen molar-refractivity contribution in [3.8, 4) is 57.2 Å². The summed E-state index contributed by atoms with van der Waals surface area (Å²) in [6.45, 7) is 0. The number of nitrogens with zero attached hydrogens (tertiary/aromatic N) is 6. The first kappa shape index (κ1) is 72.6. The number of hydrogen-bond donors (Lipinski definition) is 2. The van der Waals surface area contributed by atoms with Crippen molar-refractivity contribution < 1.29 is 43.0 Å². The first-order chi connectivity index (χ1) is 48.4. The van der Waals surface area contributed by atoms with E-state index in [4.69, 9.17) is 82.7 Å². The molecule has 100 heavy (non-hydrogen) atoms. The van der Waals surface area contributed by atoms with Crippen molar-refractivity contribution in [2.75, 3.05) is 34.2 Å². The lowest BCUT2D eigenvalue weighted by Gasteiger charge is -2.09. The Labute approximate surface area is 598 Å². The summed E-state index contributed by atoms with van der Waals surface area (Å²) < 4.78 is 23.7. The Kier molecular flexibility index (Phi) is 25.4. The second-order valence-electron chi connectivity index (χ2n) is 21.1.